The fraction of sp³-hybridized carbons (Fsp3) is 0.500. The number of hydrogen-bond acceptors (Lipinski definition) is 5. The predicted octanol–water partition coefficient (Wildman–Crippen LogP) is 1.89. The number of aryl methyl sites for hydroxylation is 1. The molecular formula is C12H16N2O4S. The quantitative estimate of drug-likeness (QED) is 0.673. The Morgan fingerprint density at radius 1 is 1.47 bits per heavy atom. The van der Waals surface area contributed by atoms with Gasteiger partial charge in [0.2, 0.25) is 0 Å². The van der Waals surface area contributed by atoms with Gasteiger partial charge in [-0.3, -0.25) is 10.1 Å². The van der Waals surface area contributed by atoms with E-state index in [1.165, 1.54) is 6.07 Å². The summed E-state index contributed by atoms with van der Waals surface area (Å²) in [5, 5.41) is 13.4. The molecule has 6 nitrogen and oxygen atoms in total. The first-order chi connectivity index (χ1) is 8.90. The molecule has 2 rings (SSSR count). The van der Waals surface area contributed by atoms with Crippen LogP contribution in [0.25, 0.3) is 0 Å². The van der Waals surface area contributed by atoms with Crippen LogP contribution >= 0.6 is 0 Å². The van der Waals surface area contributed by atoms with E-state index < -0.39 is 20.0 Å². The van der Waals surface area contributed by atoms with Gasteiger partial charge in [-0.05, 0) is 31.4 Å². The summed E-state index contributed by atoms with van der Waals surface area (Å²) in [5.74, 6) is 0.218. The Morgan fingerprint density at radius 3 is 2.79 bits per heavy atom. The van der Waals surface area contributed by atoms with Gasteiger partial charge in [0.1, 0.15) is 5.69 Å². The van der Waals surface area contributed by atoms with E-state index in [4.69, 9.17) is 0 Å². The van der Waals surface area contributed by atoms with E-state index in [-0.39, 0.29) is 18.0 Å². The Labute approximate surface area is 111 Å². The van der Waals surface area contributed by atoms with Crippen molar-refractivity contribution >= 4 is 21.2 Å². The summed E-state index contributed by atoms with van der Waals surface area (Å²) in [6.07, 6.45) is 1.29. The van der Waals surface area contributed by atoms with Gasteiger partial charge in [0, 0.05) is 12.6 Å². The number of nitrogens with one attached hydrogen (secondary N) is 1. The van der Waals surface area contributed by atoms with Gasteiger partial charge < -0.3 is 5.32 Å². The maximum absolute atomic E-state index is 11.7. The maximum Gasteiger partial charge on any atom is 0.292 e. The van der Waals surface area contributed by atoms with Crippen molar-refractivity contribution in [3.63, 3.8) is 0 Å². The number of nitrogens with zero attached hydrogens (tertiary/aromatic N) is 1. The van der Waals surface area contributed by atoms with Crippen LogP contribution in [-0.2, 0) is 9.84 Å². The van der Waals surface area contributed by atoms with Gasteiger partial charge in [0.05, 0.1) is 15.9 Å². The van der Waals surface area contributed by atoms with Crippen molar-refractivity contribution in [2.24, 2.45) is 0 Å². The minimum absolute atomic E-state index is 0.0182. The molecule has 0 spiro atoms. The van der Waals surface area contributed by atoms with E-state index in [9.17, 15) is 18.5 Å². The summed E-state index contributed by atoms with van der Waals surface area (Å²) >= 11 is 0. The molecule has 1 fully saturated rings. The van der Waals surface area contributed by atoms with Crippen molar-refractivity contribution in [3.8, 4) is 0 Å². The number of rotatable bonds is 4. The van der Waals surface area contributed by atoms with Gasteiger partial charge in [0.15, 0.2) is 9.84 Å². The molecular weight excluding hydrogens is 268 g/mol. The second kappa shape index (κ2) is 5.16. The molecule has 1 aliphatic heterocycles. The molecule has 104 valence electrons. The lowest BCUT2D eigenvalue weighted by molar-refractivity contribution is -0.384. The average molecular weight is 284 g/mol. The zero-order valence-electron chi connectivity index (χ0n) is 10.6. The smallest absolute Gasteiger partial charge is 0.292 e. The second-order valence-corrected chi connectivity index (χ2v) is 7.19. The number of sulfone groups is 1. The standard InChI is InChI=1S/C12H16N2O4S/c1-9-4-5-11(12(7-9)14(15)16)13-8-10-3-2-6-19(10,17)18/h4-5,7,10,13H,2-3,6,8H2,1H3. The molecule has 1 atom stereocenters. The topological polar surface area (TPSA) is 89.3 Å². The van der Waals surface area contributed by atoms with Gasteiger partial charge in [-0.2, -0.15) is 0 Å². The highest BCUT2D eigenvalue weighted by atomic mass is 32.2. The lowest BCUT2D eigenvalue weighted by atomic mass is 10.2. The lowest BCUT2D eigenvalue weighted by Crippen LogP contribution is -2.25. The first kappa shape index (κ1) is 13.8. The van der Waals surface area contributed by atoms with Crippen molar-refractivity contribution in [1.82, 2.24) is 0 Å². The Balaban J connectivity index is 2.14. The monoisotopic (exact) mass is 284 g/mol. The average Bonchev–Trinajstić information content (AvgIpc) is 2.66. The van der Waals surface area contributed by atoms with E-state index in [0.29, 0.717) is 18.5 Å². The third-order valence-electron chi connectivity index (χ3n) is 3.33. The zero-order valence-corrected chi connectivity index (χ0v) is 11.4. The number of nitro groups is 1. The van der Waals surface area contributed by atoms with Crippen LogP contribution in [-0.4, -0.2) is 30.9 Å². The molecule has 0 amide bonds. The summed E-state index contributed by atoms with van der Waals surface area (Å²) in [6, 6.07) is 4.86. The summed E-state index contributed by atoms with van der Waals surface area (Å²) in [4.78, 5) is 10.5. The summed E-state index contributed by atoms with van der Waals surface area (Å²) in [7, 11) is -3.03. The van der Waals surface area contributed by atoms with Crippen LogP contribution in [0.1, 0.15) is 18.4 Å². The van der Waals surface area contributed by atoms with E-state index in [1.54, 1.807) is 19.1 Å². The molecule has 0 bridgehead atoms. The molecule has 7 heteroatoms. The molecule has 1 saturated heterocycles. The number of anilines is 1. The molecule has 0 aliphatic carbocycles. The lowest BCUT2D eigenvalue weighted by Gasteiger charge is -2.12. The fourth-order valence-electron chi connectivity index (χ4n) is 2.25. The number of benzene rings is 1. The Hall–Kier alpha value is -1.63. The third kappa shape index (κ3) is 3.04. The summed E-state index contributed by atoms with van der Waals surface area (Å²) in [6.45, 7) is 2.00. The van der Waals surface area contributed by atoms with Gasteiger partial charge in [-0.25, -0.2) is 8.42 Å². The Morgan fingerprint density at radius 2 is 2.21 bits per heavy atom. The molecule has 1 unspecified atom stereocenters. The third-order valence-corrected chi connectivity index (χ3v) is 5.61. The molecule has 0 aromatic heterocycles. The van der Waals surface area contributed by atoms with E-state index in [1.807, 2.05) is 0 Å². The molecule has 1 N–H and O–H groups in total. The Kier molecular flexibility index (Phi) is 3.75. The molecule has 1 aromatic carbocycles. The summed E-state index contributed by atoms with van der Waals surface area (Å²) in [5.41, 5.74) is 1.15. The highest BCUT2D eigenvalue weighted by Crippen LogP contribution is 2.27. The van der Waals surface area contributed by atoms with Crippen molar-refractivity contribution in [3.05, 3.63) is 33.9 Å². The van der Waals surface area contributed by atoms with Gasteiger partial charge in [0.25, 0.3) is 5.69 Å². The highest BCUT2D eigenvalue weighted by Gasteiger charge is 2.31. The van der Waals surface area contributed by atoms with Crippen LogP contribution in [0, 0.1) is 17.0 Å². The minimum atomic E-state index is -3.03. The minimum Gasteiger partial charge on any atom is -0.378 e. The largest absolute Gasteiger partial charge is 0.378 e. The van der Waals surface area contributed by atoms with E-state index >= 15 is 0 Å². The van der Waals surface area contributed by atoms with Crippen LogP contribution in [0.15, 0.2) is 18.2 Å². The van der Waals surface area contributed by atoms with Crippen LogP contribution in [0.4, 0.5) is 11.4 Å². The van der Waals surface area contributed by atoms with Crippen molar-refractivity contribution in [2.75, 3.05) is 17.6 Å². The molecule has 0 saturated carbocycles. The highest BCUT2D eigenvalue weighted by molar-refractivity contribution is 7.92. The maximum atomic E-state index is 11.7. The van der Waals surface area contributed by atoms with Crippen molar-refractivity contribution in [2.45, 2.75) is 25.0 Å². The van der Waals surface area contributed by atoms with Crippen LogP contribution in [0.3, 0.4) is 0 Å². The zero-order chi connectivity index (χ0) is 14.0. The number of nitro benzene ring substituents is 1. The molecule has 0 radical (unpaired) electrons. The van der Waals surface area contributed by atoms with E-state index in [2.05, 4.69) is 5.32 Å². The molecule has 19 heavy (non-hydrogen) atoms. The summed E-state index contributed by atoms with van der Waals surface area (Å²) < 4.78 is 23.4. The van der Waals surface area contributed by atoms with Crippen molar-refractivity contribution in [1.29, 1.82) is 0 Å². The second-order valence-electron chi connectivity index (χ2n) is 4.79. The van der Waals surface area contributed by atoms with Gasteiger partial charge in [-0.15, -0.1) is 0 Å². The van der Waals surface area contributed by atoms with Gasteiger partial charge >= 0.3 is 0 Å². The van der Waals surface area contributed by atoms with Crippen molar-refractivity contribution < 1.29 is 13.3 Å². The molecule has 1 aliphatic rings. The predicted molar refractivity (Wildman–Crippen MR) is 73.1 cm³/mol. The first-order valence-corrected chi connectivity index (χ1v) is 7.82. The van der Waals surface area contributed by atoms with Crippen LogP contribution < -0.4 is 5.32 Å². The van der Waals surface area contributed by atoms with Crippen LogP contribution in [0.5, 0.6) is 0 Å². The SMILES string of the molecule is Cc1ccc(NCC2CCCS2(=O)=O)c([N+](=O)[O-])c1. The van der Waals surface area contributed by atoms with Gasteiger partial charge in [-0.1, -0.05) is 6.07 Å². The normalized spacial score (nSPS) is 21.2. The molecule has 1 aromatic rings. The number of hydrogen-bond donors (Lipinski definition) is 1. The first-order valence-electron chi connectivity index (χ1n) is 6.10. The fourth-order valence-corrected chi connectivity index (χ4v) is 4.02. The molecule has 1 heterocycles. The Bertz CT molecular complexity index is 598. The van der Waals surface area contributed by atoms with Crippen LogP contribution in [0.2, 0.25) is 0 Å². The van der Waals surface area contributed by atoms with E-state index in [0.717, 1.165) is 5.56 Å².